The first kappa shape index (κ1) is 16.5. The Hall–Kier alpha value is -2.40. The summed E-state index contributed by atoms with van der Waals surface area (Å²) in [6, 6.07) is 11.6. The monoisotopic (exact) mass is 325 g/mol. The molecule has 2 aromatic rings. The topological polar surface area (TPSA) is 68.5 Å². The molecule has 1 aromatic heterocycles. The van der Waals surface area contributed by atoms with Gasteiger partial charge < -0.3 is 15.4 Å². The lowest BCUT2D eigenvalue weighted by molar-refractivity contribution is 0.0741. The maximum Gasteiger partial charge on any atom is 0.254 e. The van der Waals surface area contributed by atoms with Crippen LogP contribution in [0, 0.1) is 6.92 Å². The van der Waals surface area contributed by atoms with Gasteiger partial charge in [-0.1, -0.05) is 12.1 Å². The van der Waals surface area contributed by atoms with Crippen LogP contribution in [0.5, 0.6) is 5.75 Å². The second kappa shape index (κ2) is 7.45. The van der Waals surface area contributed by atoms with Crippen LogP contribution in [-0.2, 0) is 6.61 Å². The van der Waals surface area contributed by atoms with Crippen molar-refractivity contribution < 1.29 is 9.53 Å². The summed E-state index contributed by atoms with van der Waals surface area (Å²) < 4.78 is 5.74. The molecule has 2 heterocycles. The van der Waals surface area contributed by atoms with Crippen molar-refractivity contribution in [2.45, 2.75) is 32.4 Å². The molecule has 0 radical (unpaired) electrons. The molecule has 1 amide bonds. The number of amides is 1. The minimum Gasteiger partial charge on any atom is -0.487 e. The van der Waals surface area contributed by atoms with Gasteiger partial charge in [0.2, 0.25) is 0 Å². The number of carbonyl (C=O) groups excluding carboxylic acids is 1. The molecular weight excluding hydrogens is 302 g/mol. The van der Waals surface area contributed by atoms with Crippen molar-refractivity contribution in [1.82, 2.24) is 9.88 Å². The Morgan fingerprint density at radius 2 is 2.25 bits per heavy atom. The SMILES string of the molecule is Cc1ccc(OCc2cccc(C(=O)N3CCC[C@H]3CN)c2)cn1. The van der Waals surface area contributed by atoms with Gasteiger partial charge in [-0.25, -0.2) is 0 Å². The lowest BCUT2D eigenvalue weighted by Crippen LogP contribution is -2.39. The Balaban J connectivity index is 1.67. The van der Waals surface area contributed by atoms with E-state index in [-0.39, 0.29) is 11.9 Å². The maximum absolute atomic E-state index is 12.7. The van der Waals surface area contributed by atoms with Crippen molar-refractivity contribution in [3.63, 3.8) is 0 Å². The summed E-state index contributed by atoms with van der Waals surface area (Å²) in [5, 5.41) is 0. The molecule has 1 fully saturated rings. The van der Waals surface area contributed by atoms with Crippen LogP contribution in [0.15, 0.2) is 42.6 Å². The third-order valence-electron chi connectivity index (χ3n) is 4.37. The molecule has 2 N–H and O–H groups in total. The van der Waals surface area contributed by atoms with E-state index in [0.717, 1.165) is 36.4 Å². The Bertz CT molecular complexity index is 700. The molecule has 5 nitrogen and oxygen atoms in total. The first-order chi connectivity index (χ1) is 11.7. The third kappa shape index (κ3) is 3.74. The fourth-order valence-electron chi connectivity index (χ4n) is 3.01. The summed E-state index contributed by atoms with van der Waals surface area (Å²) in [5.41, 5.74) is 8.38. The lowest BCUT2D eigenvalue weighted by atomic mass is 10.1. The van der Waals surface area contributed by atoms with Crippen LogP contribution in [0.25, 0.3) is 0 Å². The van der Waals surface area contributed by atoms with Crippen LogP contribution >= 0.6 is 0 Å². The van der Waals surface area contributed by atoms with E-state index in [1.165, 1.54) is 0 Å². The van der Waals surface area contributed by atoms with Gasteiger partial charge in [0.1, 0.15) is 12.4 Å². The van der Waals surface area contributed by atoms with Gasteiger partial charge in [-0.05, 0) is 49.6 Å². The third-order valence-corrected chi connectivity index (χ3v) is 4.37. The smallest absolute Gasteiger partial charge is 0.254 e. The summed E-state index contributed by atoms with van der Waals surface area (Å²) in [5.74, 6) is 0.780. The highest BCUT2D eigenvalue weighted by Gasteiger charge is 2.28. The number of rotatable bonds is 5. The van der Waals surface area contributed by atoms with Gasteiger partial charge in [0, 0.05) is 30.4 Å². The average Bonchev–Trinajstić information content (AvgIpc) is 3.09. The van der Waals surface area contributed by atoms with Crippen molar-refractivity contribution >= 4 is 5.91 Å². The standard InChI is InChI=1S/C19H23N3O2/c1-14-7-8-18(12-21-14)24-13-15-4-2-5-16(10-15)19(23)22-9-3-6-17(22)11-20/h2,4-5,7-8,10,12,17H,3,6,9,11,13,20H2,1H3/t17-/m0/s1. The minimum atomic E-state index is 0.0572. The quantitative estimate of drug-likeness (QED) is 0.917. The fourth-order valence-corrected chi connectivity index (χ4v) is 3.01. The fraction of sp³-hybridized carbons (Fsp3) is 0.368. The normalized spacial score (nSPS) is 17.1. The van der Waals surface area contributed by atoms with E-state index in [0.29, 0.717) is 18.7 Å². The molecule has 0 bridgehead atoms. The molecule has 1 aliphatic rings. The van der Waals surface area contributed by atoms with Gasteiger partial charge in [-0.3, -0.25) is 9.78 Å². The zero-order chi connectivity index (χ0) is 16.9. The van der Waals surface area contributed by atoms with Crippen molar-refractivity contribution in [2.75, 3.05) is 13.1 Å². The second-order valence-corrected chi connectivity index (χ2v) is 6.15. The van der Waals surface area contributed by atoms with Gasteiger partial charge in [-0.2, -0.15) is 0 Å². The predicted molar refractivity (Wildman–Crippen MR) is 92.9 cm³/mol. The van der Waals surface area contributed by atoms with Crippen molar-refractivity contribution in [2.24, 2.45) is 5.73 Å². The number of benzene rings is 1. The van der Waals surface area contributed by atoms with Crippen LogP contribution in [0.1, 0.15) is 34.5 Å². The van der Waals surface area contributed by atoms with Crippen LogP contribution < -0.4 is 10.5 Å². The molecule has 1 aromatic carbocycles. The molecule has 24 heavy (non-hydrogen) atoms. The number of hydrogen-bond donors (Lipinski definition) is 1. The van der Waals surface area contributed by atoms with E-state index in [1.807, 2.05) is 48.2 Å². The van der Waals surface area contributed by atoms with Gasteiger partial charge in [0.15, 0.2) is 0 Å². The molecular formula is C19H23N3O2. The Morgan fingerprint density at radius 3 is 3.00 bits per heavy atom. The number of nitrogens with zero attached hydrogens (tertiary/aromatic N) is 2. The van der Waals surface area contributed by atoms with E-state index in [4.69, 9.17) is 10.5 Å². The van der Waals surface area contributed by atoms with Gasteiger partial charge in [-0.15, -0.1) is 0 Å². The summed E-state index contributed by atoms with van der Waals surface area (Å²) in [6.45, 7) is 3.66. The molecule has 0 spiro atoms. The number of aromatic nitrogens is 1. The number of pyridine rings is 1. The first-order valence-corrected chi connectivity index (χ1v) is 8.33. The molecule has 0 aliphatic carbocycles. The zero-order valence-corrected chi connectivity index (χ0v) is 13.9. The van der Waals surface area contributed by atoms with Crippen LogP contribution in [-0.4, -0.2) is 34.9 Å². The first-order valence-electron chi connectivity index (χ1n) is 8.33. The highest BCUT2D eigenvalue weighted by molar-refractivity contribution is 5.94. The number of likely N-dealkylation sites (tertiary alicyclic amines) is 1. The highest BCUT2D eigenvalue weighted by atomic mass is 16.5. The molecule has 0 saturated carbocycles. The van der Waals surface area contributed by atoms with Crippen molar-refractivity contribution in [3.8, 4) is 5.75 Å². The number of carbonyl (C=O) groups is 1. The number of hydrogen-bond acceptors (Lipinski definition) is 4. The molecule has 0 unspecified atom stereocenters. The molecule has 1 aliphatic heterocycles. The van der Waals surface area contributed by atoms with E-state index in [9.17, 15) is 4.79 Å². The molecule has 126 valence electrons. The summed E-state index contributed by atoms with van der Waals surface area (Å²) in [7, 11) is 0. The zero-order valence-electron chi connectivity index (χ0n) is 13.9. The summed E-state index contributed by atoms with van der Waals surface area (Å²) >= 11 is 0. The molecule has 3 rings (SSSR count). The van der Waals surface area contributed by atoms with Crippen LogP contribution in [0.2, 0.25) is 0 Å². The van der Waals surface area contributed by atoms with E-state index in [2.05, 4.69) is 4.98 Å². The second-order valence-electron chi connectivity index (χ2n) is 6.15. The van der Waals surface area contributed by atoms with Gasteiger partial charge >= 0.3 is 0 Å². The van der Waals surface area contributed by atoms with Gasteiger partial charge in [0.05, 0.1) is 6.20 Å². The number of ether oxygens (including phenoxy) is 1. The van der Waals surface area contributed by atoms with E-state index in [1.54, 1.807) is 6.20 Å². The van der Waals surface area contributed by atoms with Crippen LogP contribution in [0.3, 0.4) is 0 Å². The Kier molecular flexibility index (Phi) is 5.11. The lowest BCUT2D eigenvalue weighted by Gasteiger charge is -2.23. The Morgan fingerprint density at radius 1 is 1.38 bits per heavy atom. The largest absolute Gasteiger partial charge is 0.487 e. The maximum atomic E-state index is 12.7. The minimum absolute atomic E-state index is 0.0572. The summed E-state index contributed by atoms with van der Waals surface area (Å²) in [4.78, 5) is 18.8. The van der Waals surface area contributed by atoms with Crippen molar-refractivity contribution in [3.05, 3.63) is 59.4 Å². The average molecular weight is 325 g/mol. The highest BCUT2D eigenvalue weighted by Crippen LogP contribution is 2.20. The molecule has 1 saturated heterocycles. The Labute approximate surface area is 142 Å². The molecule has 5 heteroatoms. The van der Waals surface area contributed by atoms with E-state index >= 15 is 0 Å². The number of nitrogens with two attached hydrogens (primary N) is 1. The van der Waals surface area contributed by atoms with E-state index < -0.39 is 0 Å². The predicted octanol–water partition coefficient (Wildman–Crippen LogP) is 2.53. The van der Waals surface area contributed by atoms with Gasteiger partial charge in [0.25, 0.3) is 5.91 Å². The molecule has 1 atom stereocenters. The summed E-state index contributed by atoms with van der Waals surface area (Å²) in [6.07, 6.45) is 3.72. The number of aryl methyl sites for hydroxylation is 1. The van der Waals surface area contributed by atoms with Crippen LogP contribution in [0.4, 0.5) is 0 Å². The van der Waals surface area contributed by atoms with Crippen molar-refractivity contribution in [1.29, 1.82) is 0 Å².